The summed E-state index contributed by atoms with van der Waals surface area (Å²) < 4.78 is 1.60. The molecule has 1 N–H and O–H groups in total. The molecule has 0 aliphatic carbocycles. The van der Waals surface area contributed by atoms with E-state index >= 15 is 0 Å². The molecule has 1 saturated heterocycles. The molecule has 110 valence electrons. The van der Waals surface area contributed by atoms with E-state index in [4.69, 9.17) is 0 Å². The molecule has 3 heterocycles. The smallest absolute Gasteiger partial charge is 0.327 e. The number of aryl methyl sites for hydroxylation is 2. The highest BCUT2D eigenvalue weighted by Gasteiger charge is 2.36. The lowest BCUT2D eigenvalue weighted by atomic mass is 10.2. The molecule has 0 radical (unpaired) electrons. The summed E-state index contributed by atoms with van der Waals surface area (Å²) in [6.45, 7) is 3.73. The number of hydrogen-bond donors (Lipinski definition) is 1. The zero-order valence-corrected chi connectivity index (χ0v) is 12.4. The molecular formula is C13H14N4O3S. The van der Waals surface area contributed by atoms with Gasteiger partial charge in [0.2, 0.25) is 0 Å². The Bertz CT molecular complexity index is 742. The molecule has 1 amide bonds. The van der Waals surface area contributed by atoms with Crippen LogP contribution in [0, 0.1) is 13.8 Å². The molecule has 1 fully saturated rings. The van der Waals surface area contributed by atoms with Crippen molar-refractivity contribution in [1.29, 1.82) is 0 Å². The average Bonchev–Trinajstić information content (AvgIpc) is 3.03. The van der Waals surface area contributed by atoms with Crippen molar-refractivity contribution in [3.8, 4) is 0 Å². The Morgan fingerprint density at radius 2 is 2.19 bits per heavy atom. The Morgan fingerprint density at radius 1 is 1.43 bits per heavy atom. The first-order chi connectivity index (χ1) is 9.99. The van der Waals surface area contributed by atoms with Gasteiger partial charge < -0.3 is 10.0 Å². The maximum absolute atomic E-state index is 12.6. The van der Waals surface area contributed by atoms with Crippen LogP contribution >= 0.6 is 11.8 Å². The van der Waals surface area contributed by atoms with Crippen LogP contribution in [-0.2, 0) is 4.79 Å². The number of carboxylic acid groups (broad SMARTS) is 1. The number of fused-ring (bicyclic) bond motifs is 1. The van der Waals surface area contributed by atoms with E-state index in [1.807, 2.05) is 19.9 Å². The molecular weight excluding hydrogens is 292 g/mol. The Labute approximate surface area is 125 Å². The van der Waals surface area contributed by atoms with Crippen molar-refractivity contribution in [2.45, 2.75) is 19.9 Å². The molecule has 21 heavy (non-hydrogen) atoms. The first-order valence-electron chi connectivity index (χ1n) is 6.42. The zero-order valence-electron chi connectivity index (χ0n) is 11.6. The Kier molecular flexibility index (Phi) is 3.32. The Balaban J connectivity index is 2.04. The number of carbonyl (C=O) groups is 2. The van der Waals surface area contributed by atoms with Crippen LogP contribution in [0.4, 0.5) is 0 Å². The number of nitrogens with zero attached hydrogens (tertiary/aromatic N) is 4. The number of amides is 1. The van der Waals surface area contributed by atoms with Gasteiger partial charge in [-0.1, -0.05) is 0 Å². The lowest BCUT2D eigenvalue weighted by Gasteiger charge is -2.19. The predicted octanol–water partition coefficient (Wildman–Crippen LogP) is 0.946. The highest BCUT2D eigenvalue weighted by molar-refractivity contribution is 7.99. The van der Waals surface area contributed by atoms with E-state index in [9.17, 15) is 14.7 Å². The third kappa shape index (κ3) is 2.25. The number of aromatic nitrogens is 3. The Morgan fingerprint density at radius 3 is 2.90 bits per heavy atom. The van der Waals surface area contributed by atoms with Crippen LogP contribution in [0.25, 0.3) is 5.65 Å². The van der Waals surface area contributed by atoms with Crippen LogP contribution < -0.4 is 0 Å². The largest absolute Gasteiger partial charge is 0.480 e. The van der Waals surface area contributed by atoms with Gasteiger partial charge in [0.25, 0.3) is 5.91 Å². The maximum atomic E-state index is 12.6. The monoisotopic (exact) mass is 306 g/mol. The van der Waals surface area contributed by atoms with Gasteiger partial charge in [-0.05, 0) is 19.9 Å². The van der Waals surface area contributed by atoms with Crippen molar-refractivity contribution in [3.05, 3.63) is 29.2 Å². The average molecular weight is 306 g/mol. The minimum Gasteiger partial charge on any atom is -0.480 e. The van der Waals surface area contributed by atoms with Crippen LogP contribution in [0.1, 0.15) is 21.7 Å². The topological polar surface area (TPSA) is 87.8 Å². The molecule has 8 heteroatoms. The van der Waals surface area contributed by atoms with Crippen molar-refractivity contribution in [3.63, 3.8) is 0 Å². The van der Waals surface area contributed by atoms with E-state index in [-0.39, 0.29) is 5.91 Å². The molecule has 7 nitrogen and oxygen atoms in total. The van der Waals surface area contributed by atoms with Gasteiger partial charge in [-0.2, -0.15) is 5.10 Å². The molecule has 1 unspecified atom stereocenters. The second kappa shape index (κ2) is 5.03. The quantitative estimate of drug-likeness (QED) is 0.888. The van der Waals surface area contributed by atoms with Gasteiger partial charge in [0.15, 0.2) is 5.65 Å². The normalized spacial score (nSPS) is 18.4. The molecule has 2 aromatic heterocycles. The number of aliphatic carboxylic acids is 1. The van der Waals surface area contributed by atoms with E-state index in [1.165, 1.54) is 22.9 Å². The second-order valence-electron chi connectivity index (χ2n) is 4.96. The van der Waals surface area contributed by atoms with Gasteiger partial charge in [0.1, 0.15) is 11.6 Å². The third-order valence-corrected chi connectivity index (χ3v) is 4.45. The molecule has 0 bridgehead atoms. The summed E-state index contributed by atoms with van der Waals surface area (Å²) in [6.07, 6.45) is 1.46. The maximum Gasteiger partial charge on any atom is 0.327 e. The van der Waals surface area contributed by atoms with Crippen LogP contribution in [0.3, 0.4) is 0 Å². The lowest BCUT2D eigenvalue weighted by molar-refractivity contribution is -0.140. The lowest BCUT2D eigenvalue weighted by Crippen LogP contribution is -2.41. The first kappa shape index (κ1) is 13.9. The number of carboxylic acids is 1. The summed E-state index contributed by atoms with van der Waals surface area (Å²) in [4.78, 5) is 29.6. The van der Waals surface area contributed by atoms with Crippen molar-refractivity contribution in [2.24, 2.45) is 0 Å². The van der Waals surface area contributed by atoms with Gasteiger partial charge in [-0.15, -0.1) is 11.8 Å². The Hall–Kier alpha value is -2.09. The van der Waals surface area contributed by atoms with E-state index in [1.54, 1.807) is 4.52 Å². The molecule has 0 aromatic carbocycles. The minimum atomic E-state index is -0.981. The summed E-state index contributed by atoms with van der Waals surface area (Å²) in [6, 6.07) is 1.09. The summed E-state index contributed by atoms with van der Waals surface area (Å²) in [5.41, 5.74) is 2.48. The van der Waals surface area contributed by atoms with Crippen LogP contribution in [0.5, 0.6) is 0 Å². The van der Waals surface area contributed by atoms with E-state index in [0.717, 1.165) is 11.4 Å². The predicted molar refractivity (Wildman–Crippen MR) is 77.4 cm³/mol. The van der Waals surface area contributed by atoms with Crippen molar-refractivity contribution in [1.82, 2.24) is 19.5 Å². The van der Waals surface area contributed by atoms with E-state index in [0.29, 0.717) is 22.8 Å². The fourth-order valence-electron chi connectivity index (χ4n) is 2.42. The summed E-state index contributed by atoms with van der Waals surface area (Å²) >= 11 is 1.43. The first-order valence-corrected chi connectivity index (χ1v) is 7.58. The SMILES string of the molecule is Cc1cc(C)n2ncc(C(=O)N3CSCC3C(=O)O)c2n1. The number of hydrogen-bond acceptors (Lipinski definition) is 5. The molecule has 1 atom stereocenters. The minimum absolute atomic E-state index is 0.333. The van der Waals surface area contributed by atoms with Gasteiger partial charge in [-0.3, -0.25) is 4.79 Å². The van der Waals surface area contributed by atoms with Gasteiger partial charge >= 0.3 is 5.97 Å². The number of rotatable bonds is 2. The summed E-state index contributed by atoms with van der Waals surface area (Å²) in [7, 11) is 0. The molecule has 1 aliphatic rings. The number of carbonyl (C=O) groups excluding carboxylic acids is 1. The van der Waals surface area contributed by atoms with Gasteiger partial charge in [-0.25, -0.2) is 14.3 Å². The molecule has 1 aliphatic heterocycles. The fraction of sp³-hybridized carbons (Fsp3) is 0.385. The standard InChI is InChI=1S/C13H14N4O3S/c1-7-3-8(2)17-11(15-7)9(4-14-17)12(18)16-6-21-5-10(16)13(19)20/h3-4,10H,5-6H2,1-2H3,(H,19,20). The molecule has 3 rings (SSSR count). The van der Waals surface area contributed by atoms with Crippen molar-refractivity contribution >= 4 is 29.3 Å². The molecule has 0 saturated carbocycles. The van der Waals surface area contributed by atoms with Crippen LogP contribution in [0.2, 0.25) is 0 Å². The molecule has 2 aromatic rings. The van der Waals surface area contributed by atoms with Crippen molar-refractivity contribution < 1.29 is 14.7 Å². The fourth-order valence-corrected chi connectivity index (χ4v) is 3.57. The highest BCUT2D eigenvalue weighted by atomic mass is 32.2. The van der Waals surface area contributed by atoms with Gasteiger partial charge in [0.05, 0.1) is 12.1 Å². The molecule has 0 spiro atoms. The van der Waals surface area contributed by atoms with Crippen LogP contribution in [-0.4, -0.2) is 54.2 Å². The zero-order chi connectivity index (χ0) is 15.1. The summed E-state index contributed by atoms with van der Waals surface area (Å²) in [5, 5.41) is 13.4. The van der Waals surface area contributed by atoms with Crippen molar-refractivity contribution in [2.75, 3.05) is 11.6 Å². The van der Waals surface area contributed by atoms with Gasteiger partial charge in [0, 0.05) is 17.1 Å². The third-order valence-electron chi connectivity index (χ3n) is 3.44. The van der Waals surface area contributed by atoms with E-state index < -0.39 is 12.0 Å². The van der Waals surface area contributed by atoms with Crippen LogP contribution in [0.15, 0.2) is 12.3 Å². The number of thioether (sulfide) groups is 1. The highest BCUT2D eigenvalue weighted by Crippen LogP contribution is 2.24. The second-order valence-corrected chi connectivity index (χ2v) is 5.96. The van der Waals surface area contributed by atoms with E-state index in [2.05, 4.69) is 10.1 Å². The summed E-state index contributed by atoms with van der Waals surface area (Å²) in [5.74, 6) is -0.533.